The second-order valence-electron chi connectivity index (χ2n) is 10.5. The van der Waals surface area contributed by atoms with Crippen LogP contribution in [0.25, 0.3) is 0 Å². The summed E-state index contributed by atoms with van der Waals surface area (Å²) in [6, 6.07) is 19.6. The van der Waals surface area contributed by atoms with Gasteiger partial charge in [0.05, 0.1) is 13.0 Å². The number of halogens is 2. The maximum atomic E-state index is 12.6. The van der Waals surface area contributed by atoms with E-state index in [-0.39, 0.29) is 29.3 Å². The Morgan fingerprint density at radius 1 is 0.800 bits per heavy atom. The number of rotatable bonds is 19. The fourth-order valence-corrected chi connectivity index (χ4v) is 4.95. The minimum absolute atomic E-state index is 0. The van der Waals surface area contributed by atoms with Crippen molar-refractivity contribution in [3.8, 4) is 5.75 Å². The van der Waals surface area contributed by atoms with Crippen LogP contribution in [0.1, 0.15) is 95.1 Å². The molecule has 1 heterocycles. The molecular formula is C34H46BrClN2O2. The standard InChI is InChI=1S/C34H45ClN2O2.BrH/c1-2-3-4-5-6-7-8-9-10-11-12-16-25-39-32-22-19-30(33(35)27-32)26-34(38)36-31-20-17-29(18-21-31)28-37-23-14-13-15-24-37;/h13-15,17-24,27H,2-12,16,25-26,28H2,1H3;1H. The Labute approximate surface area is 257 Å². The summed E-state index contributed by atoms with van der Waals surface area (Å²) in [5.41, 5.74) is 2.75. The van der Waals surface area contributed by atoms with Gasteiger partial charge in [0.25, 0.3) is 0 Å². The first kappa shape index (κ1) is 33.8. The largest absolute Gasteiger partial charge is 1.00 e. The van der Waals surface area contributed by atoms with Crippen LogP contribution in [0.3, 0.4) is 0 Å². The van der Waals surface area contributed by atoms with Crippen molar-refractivity contribution in [2.45, 2.75) is 96.9 Å². The van der Waals surface area contributed by atoms with E-state index >= 15 is 0 Å². The molecule has 0 fully saturated rings. The van der Waals surface area contributed by atoms with Crippen LogP contribution in [-0.4, -0.2) is 12.5 Å². The summed E-state index contributed by atoms with van der Waals surface area (Å²) < 4.78 is 8.01. The van der Waals surface area contributed by atoms with Crippen LogP contribution >= 0.6 is 11.6 Å². The Hall–Kier alpha value is -2.37. The molecule has 1 aromatic heterocycles. The fraction of sp³-hybridized carbons (Fsp3) is 0.471. The number of aromatic nitrogens is 1. The van der Waals surface area contributed by atoms with Gasteiger partial charge < -0.3 is 27.0 Å². The zero-order chi connectivity index (χ0) is 27.5. The van der Waals surface area contributed by atoms with Gasteiger partial charge in [0.15, 0.2) is 18.9 Å². The molecule has 0 spiro atoms. The lowest BCUT2D eigenvalue weighted by atomic mass is 10.1. The number of carbonyl (C=O) groups is 1. The van der Waals surface area contributed by atoms with Gasteiger partial charge in [0, 0.05) is 28.4 Å². The number of hydrogen-bond acceptors (Lipinski definition) is 2. The lowest BCUT2D eigenvalue weighted by Crippen LogP contribution is -3.00. The zero-order valence-electron chi connectivity index (χ0n) is 24.1. The molecule has 2 aromatic carbocycles. The van der Waals surface area contributed by atoms with Gasteiger partial charge >= 0.3 is 0 Å². The van der Waals surface area contributed by atoms with Crippen LogP contribution in [0, 0.1) is 0 Å². The third kappa shape index (κ3) is 13.8. The molecule has 1 N–H and O–H groups in total. The Kier molecular flexibility index (Phi) is 17.3. The van der Waals surface area contributed by atoms with Crippen LogP contribution in [-0.2, 0) is 17.8 Å². The molecule has 0 bridgehead atoms. The Balaban J connectivity index is 0.00000560. The third-order valence-electron chi connectivity index (χ3n) is 7.02. The minimum Gasteiger partial charge on any atom is -1.00 e. The number of nitrogens with zero attached hydrogens (tertiary/aromatic N) is 1. The molecule has 0 unspecified atom stereocenters. The number of hydrogen-bond donors (Lipinski definition) is 1. The number of pyridine rings is 1. The molecule has 3 rings (SSSR count). The third-order valence-corrected chi connectivity index (χ3v) is 7.37. The molecule has 0 saturated heterocycles. The van der Waals surface area contributed by atoms with E-state index in [1.54, 1.807) is 0 Å². The minimum atomic E-state index is -0.0905. The van der Waals surface area contributed by atoms with E-state index < -0.39 is 0 Å². The molecule has 0 radical (unpaired) electrons. The van der Waals surface area contributed by atoms with Gasteiger partial charge in [-0.05, 0) is 36.2 Å². The van der Waals surface area contributed by atoms with Gasteiger partial charge in [-0.3, -0.25) is 4.79 Å². The molecule has 1 amide bonds. The van der Waals surface area contributed by atoms with Crippen LogP contribution in [0.4, 0.5) is 5.69 Å². The molecule has 40 heavy (non-hydrogen) atoms. The first-order valence-electron chi connectivity index (χ1n) is 14.9. The van der Waals surface area contributed by atoms with Crippen LogP contribution in [0.2, 0.25) is 5.02 Å². The number of anilines is 1. The summed E-state index contributed by atoms with van der Waals surface area (Å²) in [5.74, 6) is 0.673. The summed E-state index contributed by atoms with van der Waals surface area (Å²) in [5, 5.41) is 3.53. The van der Waals surface area contributed by atoms with Crippen LogP contribution in [0.15, 0.2) is 73.1 Å². The highest BCUT2D eigenvalue weighted by Gasteiger charge is 2.10. The van der Waals surface area contributed by atoms with E-state index in [2.05, 4.69) is 16.8 Å². The van der Waals surface area contributed by atoms with E-state index in [9.17, 15) is 4.79 Å². The topological polar surface area (TPSA) is 42.2 Å². The maximum Gasteiger partial charge on any atom is 0.228 e. The number of carbonyl (C=O) groups excluding carboxylic acids is 1. The van der Waals surface area contributed by atoms with Crippen LogP contribution < -0.4 is 31.6 Å². The Morgan fingerprint density at radius 3 is 2.00 bits per heavy atom. The maximum absolute atomic E-state index is 12.6. The van der Waals surface area contributed by atoms with E-state index in [1.807, 2.05) is 73.1 Å². The van der Waals surface area contributed by atoms with E-state index in [0.717, 1.165) is 30.0 Å². The summed E-state index contributed by atoms with van der Waals surface area (Å²) in [4.78, 5) is 12.6. The van der Waals surface area contributed by atoms with Crippen molar-refractivity contribution in [2.75, 3.05) is 11.9 Å². The highest BCUT2D eigenvalue weighted by atomic mass is 79.9. The van der Waals surface area contributed by atoms with Gasteiger partial charge in [-0.25, -0.2) is 4.57 Å². The van der Waals surface area contributed by atoms with Gasteiger partial charge in [-0.2, -0.15) is 0 Å². The summed E-state index contributed by atoms with van der Waals surface area (Å²) in [6.07, 6.45) is 20.2. The van der Waals surface area contributed by atoms with Gasteiger partial charge in [0.1, 0.15) is 5.75 Å². The molecule has 0 saturated carbocycles. The summed E-state index contributed by atoms with van der Waals surface area (Å²) in [6.45, 7) is 3.76. The number of ether oxygens (including phenoxy) is 1. The van der Waals surface area contributed by atoms with Gasteiger partial charge in [-0.15, -0.1) is 0 Å². The first-order chi connectivity index (χ1) is 19.1. The van der Waals surface area contributed by atoms with Crippen molar-refractivity contribution in [3.63, 3.8) is 0 Å². The molecule has 0 aliphatic rings. The lowest BCUT2D eigenvalue weighted by molar-refractivity contribution is -0.688. The highest BCUT2D eigenvalue weighted by Crippen LogP contribution is 2.24. The van der Waals surface area contributed by atoms with Crippen LogP contribution in [0.5, 0.6) is 5.75 Å². The predicted molar refractivity (Wildman–Crippen MR) is 163 cm³/mol. The predicted octanol–water partition coefficient (Wildman–Crippen LogP) is 5.94. The molecule has 218 valence electrons. The van der Waals surface area contributed by atoms with E-state index in [4.69, 9.17) is 16.3 Å². The second-order valence-corrected chi connectivity index (χ2v) is 10.9. The van der Waals surface area contributed by atoms with Crippen molar-refractivity contribution in [3.05, 3.63) is 89.2 Å². The van der Waals surface area contributed by atoms with Crippen molar-refractivity contribution < 1.29 is 31.1 Å². The molecule has 0 aliphatic heterocycles. The first-order valence-corrected chi connectivity index (χ1v) is 15.3. The monoisotopic (exact) mass is 628 g/mol. The quantitative estimate of drug-likeness (QED) is 0.132. The van der Waals surface area contributed by atoms with Crippen molar-refractivity contribution in [1.82, 2.24) is 0 Å². The average molecular weight is 630 g/mol. The van der Waals surface area contributed by atoms with Crippen molar-refractivity contribution >= 4 is 23.2 Å². The molecule has 0 aliphatic carbocycles. The fourth-order valence-electron chi connectivity index (χ4n) is 4.72. The average Bonchev–Trinajstić information content (AvgIpc) is 2.94. The molecule has 4 nitrogen and oxygen atoms in total. The summed E-state index contributed by atoms with van der Waals surface area (Å²) >= 11 is 6.47. The number of unbranched alkanes of at least 4 members (excludes halogenated alkanes) is 11. The molecule has 3 aromatic rings. The smallest absolute Gasteiger partial charge is 0.228 e. The highest BCUT2D eigenvalue weighted by molar-refractivity contribution is 6.31. The number of benzene rings is 2. The lowest BCUT2D eigenvalue weighted by Gasteiger charge is -2.10. The van der Waals surface area contributed by atoms with E-state index in [0.29, 0.717) is 11.6 Å². The Morgan fingerprint density at radius 2 is 1.40 bits per heavy atom. The molecule has 6 heteroatoms. The number of amides is 1. The number of nitrogens with one attached hydrogen (secondary N) is 1. The normalized spacial score (nSPS) is 10.7. The van der Waals surface area contributed by atoms with Crippen molar-refractivity contribution in [1.29, 1.82) is 0 Å². The molecule has 0 atom stereocenters. The zero-order valence-corrected chi connectivity index (χ0v) is 26.4. The SMILES string of the molecule is CCCCCCCCCCCCCCOc1ccc(CC(=O)Nc2ccc(C[n+]3ccccc3)cc2)c(Cl)c1.[Br-]. The van der Waals surface area contributed by atoms with Gasteiger partial charge in [0.2, 0.25) is 5.91 Å². The van der Waals surface area contributed by atoms with Gasteiger partial charge in [-0.1, -0.05) is 113 Å². The molecular weight excluding hydrogens is 584 g/mol. The van der Waals surface area contributed by atoms with Crippen molar-refractivity contribution in [2.24, 2.45) is 0 Å². The summed E-state index contributed by atoms with van der Waals surface area (Å²) in [7, 11) is 0. The Bertz CT molecular complexity index is 1090. The van der Waals surface area contributed by atoms with E-state index in [1.165, 1.54) is 76.2 Å². The second kappa shape index (κ2) is 20.5.